The number of ether oxygens (including phenoxy) is 12. The summed E-state index contributed by atoms with van der Waals surface area (Å²) in [4.78, 5) is 152. The number of carbonyl (C=O) groups excluding carboxylic acids is 12. The first kappa shape index (κ1) is 92.8. The number of esters is 8. The fraction of sp³-hybridized carbons (Fsp3) is 0.481. The van der Waals surface area contributed by atoms with Gasteiger partial charge in [0.2, 0.25) is 18.3 Å². The first-order valence-electron chi connectivity index (χ1n) is 35.2. The van der Waals surface area contributed by atoms with Crippen LogP contribution in [0.1, 0.15) is 144 Å². The SMILES string of the molecule is C.COC(=O)[C@H]1O[C@@H](OCCN(CC2=Cc3cc(C)cc(C)c3CC2=O)C(=O)Nc2ccccc2C(C)C)[C@H](OC(C)=O)[C@@H](OC(C)=O)[C@@H]1OC(C)=O.COC(=O)[C@H]1O[C@H](OC(=N)C(Cl)(Cl)Cl)[C@H](OC(C)=O)[C@@H](OC(C)=O)[C@@H]1OC(C)=O.Cc1cc(C)c2c(c1)C=C(CN(CCO)C(=O)Nc1ccccc1C(C)C)C(=O)C2. The predicted molar refractivity (Wildman–Crippen MR) is 411 cm³/mol. The number of aliphatic hydroxyl groups is 1. The largest absolute Gasteiger partial charge is 0.467 e. The van der Waals surface area contributed by atoms with Crippen molar-refractivity contribution in [2.45, 2.75) is 194 Å². The highest BCUT2D eigenvalue weighted by Crippen LogP contribution is 2.37. The Hall–Kier alpha value is -9.82. The summed E-state index contributed by atoms with van der Waals surface area (Å²) in [5, 5.41) is 23.1. The van der Waals surface area contributed by atoms with Gasteiger partial charge in [-0.3, -0.25) is 43.8 Å². The standard InChI is InChI=1S/C38H46N2O12.C25H30N2O3.C15H18Cl3NO10.CH4/c1-20(2)28-11-9-10-12-30(28)39-38(46)40(19-27-17-26-16-21(3)15-22(4)29(26)18-31(27)44)13-14-48-37-35(51-25(7)43)33(50-24(6)42)32(49-23(5)41)34(52-37)36(45)47-8;1-16(2)21-7-5-6-8-23(21)26-25(30)27(9-10-28)15-20-13-19-12-17(3)11-18(4)22(19)14-24(20)29;1-5(20)25-8-9(26-6(2)21)11(27-7(3)22)13(28-10(8)12(23)24-4)29-14(19)15(16,17)18;/h9-12,15-17,20,32-35,37H,13-14,18-19H2,1-8H3,(H,39,46);5-8,11-13,16,28H,9-10,14-15H2,1-4H3,(H,26,30);8-11,13,19H,1-4H3;1H4/t32-,33-,34-,35+,37+;;8-,9-,10-,11+,13+;/m0.0./s1. The van der Waals surface area contributed by atoms with E-state index in [1.165, 1.54) is 9.80 Å². The van der Waals surface area contributed by atoms with E-state index in [0.717, 1.165) is 117 Å². The van der Waals surface area contributed by atoms with E-state index in [9.17, 15) is 62.6 Å². The lowest BCUT2D eigenvalue weighted by Gasteiger charge is -2.43. The Balaban J connectivity index is 0.000000320. The Kier molecular flexibility index (Phi) is 34.9. The molecule has 33 heteroatoms. The predicted octanol–water partition coefficient (Wildman–Crippen LogP) is 10.3. The van der Waals surface area contributed by atoms with E-state index in [1.807, 2.05) is 96.1 Å². The first-order chi connectivity index (χ1) is 52.2. The minimum atomic E-state index is -2.32. The van der Waals surface area contributed by atoms with Crippen molar-refractivity contribution in [1.29, 1.82) is 5.41 Å². The number of methoxy groups -OCH3 is 2. The van der Waals surface area contributed by atoms with Crippen molar-refractivity contribution in [2.24, 2.45) is 0 Å². The number of alkyl halides is 3. The smallest absolute Gasteiger partial charge is 0.339 e. The molecule has 0 spiro atoms. The molecule has 10 atom stereocenters. The zero-order valence-electron chi connectivity index (χ0n) is 64.4. The van der Waals surface area contributed by atoms with Gasteiger partial charge in [-0.05, 0) is 108 Å². The number of fused-ring (bicyclic) bond motifs is 2. The monoisotopic (exact) mass is 1620 g/mol. The molecule has 112 heavy (non-hydrogen) atoms. The molecule has 4 aromatic carbocycles. The number of hydrogen-bond donors (Lipinski definition) is 4. The third-order valence-corrected chi connectivity index (χ3v) is 18.0. The number of hydrogen-bond acceptors (Lipinski definition) is 26. The van der Waals surface area contributed by atoms with Crippen LogP contribution in [0.5, 0.6) is 0 Å². The normalized spacial score (nSPS) is 20.2. The van der Waals surface area contributed by atoms with Crippen molar-refractivity contribution in [2.75, 3.05) is 64.2 Å². The fourth-order valence-corrected chi connectivity index (χ4v) is 12.8. The number of anilines is 2. The Morgan fingerprint density at radius 2 is 0.875 bits per heavy atom. The number of nitrogens with one attached hydrogen (secondary N) is 3. The summed E-state index contributed by atoms with van der Waals surface area (Å²) in [5.41, 5.74) is 12.6. The third kappa shape index (κ3) is 25.9. The molecule has 2 heterocycles. The van der Waals surface area contributed by atoms with Crippen molar-refractivity contribution in [3.8, 4) is 0 Å². The Labute approximate surface area is 665 Å². The van der Waals surface area contributed by atoms with Crippen molar-refractivity contribution in [1.82, 2.24) is 9.80 Å². The van der Waals surface area contributed by atoms with E-state index in [4.69, 9.17) is 92.3 Å². The third-order valence-electron chi connectivity index (χ3n) is 17.5. The summed E-state index contributed by atoms with van der Waals surface area (Å²) >= 11 is 16.7. The van der Waals surface area contributed by atoms with Crippen LogP contribution in [0.4, 0.5) is 21.0 Å². The van der Waals surface area contributed by atoms with Crippen LogP contribution in [0.2, 0.25) is 0 Å². The first-order valence-corrected chi connectivity index (χ1v) is 36.3. The van der Waals surface area contributed by atoms with E-state index < -0.39 is 125 Å². The van der Waals surface area contributed by atoms with Crippen LogP contribution in [0.3, 0.4) is 0 Å². The van der Waals surface area contributed by atoms with Crippen LogP contribution in [-0.4, -0.2) is 211 Å². The lowest BCUT2D eigenvalue weighted by atomic mass is 9.87. The molecule has 4 aromatic rings. The molecule has 0 aromatic heterocycles. The molecule has 4 N–H and O–H groups in total. The van der Waals surface area contributed by atoms with Gasteiger partial charge >= 0.3 is 59.8 Å². The maximum atomic E-state index is 14.0. The van der Waals surface area contributed by atoms with Crippen LogP contribution < -0.4 is 10.6 Å². The number of ketones is 2. The molecule has 30 nitrogen and oxygen atoms in total. The van der Waals surface area contributed by atoms with Gasteiger partial charge in [0.15, 0.2) is 60.6 Å². The highest BCUT2D eigenvalue weighted by atomic mass is 35.6. The Bertz CT molecular complexity index is 4210. The van der Waals surface area contributed by atoms with Crippen LogP contribution in [0.15, 0.2) is 83.9 Å². The lowest BCUT2D eigenvalue weighted by molar-refractivity contribution is -0.301. The van der Waals surface area contributed by atoms with Gasteiger partial charge in [-0.15, -0.1) is 0 Å². The van der Waals surface area contributed by atoms with Crippen LogP contribution in [0.25, 0.3) is 12.2 Å². The van der Waals surface area contributed by atoms with Gasteiger partial charge < -0.3 is 82.4 Å². The van der Waals surface area contributed by atoms with Gasteiger partial charge in [-0.25, -0.2) is 19.2 Å². The second kappa shape index (κ2) is 42.2. The molecule has 0 unspecified atom stereocenters. The molecule has 0 radical (unpaired) electrons. The fourth-order valence-electron chi connectivity index (χ4n) is 12.7. The maximum absolute atomic E-state index is 14.0. The molecule has 2 aliphatic heterocycles. The Morgan fingerprint density at radius 1 is 0.527 bits per heavy atom. The minimum absolute atomic E-state index is 0. The molecule has 8 rings (SSSR count). The van der Waals surface area contributed by atoms with E-state index in [-0.39, 0.29) is 82.7 Å². The minimum Gasteiger partial charge on any atom is -0.467 e. The average Bonchev–Trinajstić information content (AvgIpc) is 0.785. The maximum Gasteiger partial charge on any atom is 0.339 e. The number of carbonyl (C=O) groups is 12. The second-order valence-corrected chi connectivity index (χ2v) is 29.2. The number of aryl methyl sites for hydroxylation is 4. The molecule has 610 valence electrons. The van der Waals surface area contributed by atoms with Gasteiger partial charge in [-0.2, -0.15) is 0 Å². The number of benzene rings is 4. The van der Waals surface area contributed by atoms with Crippen LogP contribution >= 0.6 is 34.8 Å². The number of amides is 4. The molecule has 2 fully saturated rings. The summed E-state index contributed by atoms with van der Waals surface area (Å²) in [6, 6.07) is 22.4. The van der Waals surface area contributed by atoms with Gasteiger partial charge in [0.05, 0.1) is 40.5 Å². The highest BCUT2D eigenvalue weighted by molar-refractivity contribution is 6.76. The summed E-state index contributed by atoms with van der Waals surface area (Å²) in [6.45, 7) is 22.2. The molecule has 2 aliphatic carbocycles. The number of nitrogens with zero attached hydrogens (tertiary/aromatic N) is 2. The zero-order chi connectivity index (χ0) is 82.6. The molecule has 2 saturated heterocycles. The van der Waals surface area contributed by atoms with E-state index in [0.29, 0.717) is 23.3 Å². The average molecular weight is 1620 g/mol. The van der Waals surface area contributed by atoms with E-state index in [1.54, 1.807) is 18.2 Å². The molecule has 0 saturated carbocycles. The summed E-state index contributed by atoms with van der Waals surface area (Å²) < 4.78 is 60.9. The molecule has 4 aliphatic rings. The second-order valence-electron chi connectivity index (χ2n) is 26.9. The molecular formula is C79H98Cl3N5O25. The van der Waals surface area contributed by atoms with Crippen LogP contribution in [-0.2, 0) is 118 Å². The number of urea groups is 2. The van der Waals surface area contributed by atoms with Crippen LogP contribution in [0, 0.1) is 33.1 Å². The summed E-state index contributed by atoms with van der Waals surface area (Å²) in [7, 11) is 2.11. The van der Waals surface area contributed by atoms with Crippen molar-refractivity contribution in [3.63, 3.8) is 0 Å². The summed E-state index contributed by atoms with van der Waals surface area (Å²) in [5.74, 6) is -7.78. The number of rotatable bonds is 23. The van der Waals surface area contributed by atoms with Gasteiger partial charge in [0.25, 0.3) is 3.79 Å². The number of aliphatic hydroxyl groups excluding tert-OH is 1. The highest BCUT2D eigenvalue weighted by Gasteiger charge is 2.58. The zero-order valence-corrected chi connectivity index (χ0v) is 66.7. The number of para-hydroxylation sites is 2. The van der Waals surface area contributed by atoms with Crippen molar-refractivity contribution >= 4 is 136 Å². The molecule has 0 bridgehead atoms. The lowest BCUT2D eigenvalue weighted by Crippen LogP contribution is -2.64. The number of halogens is 3. The van der Waals surface area contributed by atoms with E-state index in [2.05, 4.69) is 41.4 Å². The molecule has 4 amide bonds. The topological polar surface area (TPSA) is 390 Å². The van der Waals surface area contributed by atoms with Crippen molar-refractivity contribution in [3.05, 3.63) is 140 Å². The van der Waals surface area contributed by atoms with Gasteiger partial charge in [-0.1, -0.05) is 142 Å². The quantitative estimate of drug-likeness (QED) is 0.0176. The van der Waals surface area contributed by atoms with Crippen molar-refractivity contribution < 1.29 is 119 Å². The number of Topliss-reactive ketones (excluding diaryl/α,β-unsaturated/α-hetero) is 2. The summed E-state index contributed by atoms with van der Waals surface area (Å²) in [6.07, 6.45) is -11.8. The van der Waals surface area contributed by atoms with E-state index >= 15 is 0 Å². The Morgan fingerprint density at radius 3 is 1.23 bits per heavy atom. The van der Waals surface area contributed by atoms with Gasteiger partial charge in [0, 0.05) is 90.0 Å². The molecular weight excluding hydrogens is 1530 g/mol. The van der Waals surface area contributed by atoms with Gasteiger partial charge in [0.1, 0.15) is 0 Å².